The van der Waals surface area contributed by atoms with Gasteiger partial charge >= 0.3 is 0 Å². The van der Waals surface area contributed by atoms with E-state index < -0.39 is 0 Å². The van der Waals surface area contributed by atoms with Gasteiger partial charge < -0.3 is 4.74 Å². The quantitative estimate of drug-likeness (QED) is 0.431. The smallest absolute Gasteiger partial charge is 0.269 e. The summed E-state index contributed by atoms with van der Waals surface area (Å²) in [5.74, 6) is 0.632. The zero-order valence-corrected chi connectivity index (χ0v) is 15.9. The molecule has 0 radical (unpaired) electrons. The molecule has 0 N–H and O–H groups in total. The van der Waals surface area contributed by atoms with Crippen LogP contribution in [0.3, 0.4) is 0 Å². The largest absolute Gasteiger partial charge is 0.483 e. The predicted octanol–water partition coefficient (Wildman–Crippen LogP) is 6.05. The fourth-order valence-corrected chi connectivity index (χ4v) is 4.56. The zero-order valence-electron chi connectivity index (χ0n) is 15.0. The number of hydrogen-bond acceptors (Lipinski definition) is 3. The minimum absolute atomic E-state index is 0.0264. The number of carbonyl (C=O) groups is 1. The molecule has 0 unspecified atom stereocenters. The van der Waals surface area contributed by atoms with Crippen LogP contribution in [-0.2, 0) is 4.79 Å². The van der Waals surface area contributed by atoms with E-state index in [9.17, 15) is 4.79 Å². The van der Waals surface area contributed by atoms with Gasteiger partial charge in [0.15, 0.2) is 6.61 Å². The van der Waals surface area contributed by atoms with E-state index in [2.05, 4.69) is 0 Å². The molecular formula is C24H17NO2S. The lowest BCUT2D eigenvalue weighted by Crippen LogP contribution is -2.32. The summed E-state index contributed by atoms with van der Waals surface area (Å²) in [6.45, 7) is -0.0264. The molecule has 0 aliphatic carbocycles. The van der Waals surface area contributed by atoms with E-state index in [4.69, 9.17) is 4.74 Å². The summed E-state index contributed by atoms with van der Waals surface area (Å²) >= 11 is 1.69. The molecule has 0 saturated carbocycles. The Morgan fingerprint density at radius 1 is 0.750 bits per heavy atom. The first kappa shape index (κ1) is 16.9. The van der Waals surface area contributed by atoms with E-state index in [0.29, 0.717) is 0 Å². The fourth-order valence-electron chi connectivity index (χ4n) is 3.50. The molecule has 5 rings (SSSR count). The molecule has 1 aliphatic rings. The van der Waals surface area contributed by atoms with Crippen molar-refractivity contribution in [1.82, 2.24) is 0 Å². The lowest BCUT2D eigenvalue weighted by molar-refractivity contribution is -0.119. The van der Waals surface area contributed by atoms with Crippen molar-refractivity contribution in [3.8, 4) is 5.75 Å². The Labute approximate surface area is 167 Å². The number of hydrogen-bond donors (Lipinski definition) is 0. The lowest BCUT2D eigenvalue weighted by atomic mass is 10.1. The minimum Gasteiger partial charge on any atom is -0.483 e. The third-order valence-corrected chi connectivity index (χ3v) is 5.91. The first-order chi connectivity index (χ1) is 13.8. The number of nitrogens with zero attached hydrogens (tertiary/aromatic N) is 1. The monoisotopic (exact) mass is 383 g/mol. The molecule has 0 aromatic heterocycles. The Bertz CT molecular complexity index is 1140. The van der Waals surface area contributed by atoms with Gasteiger partial charge in [0.05, 0.1) is 11.4 Å². The van der Waals surface area contributed by atoms with Gasteiger partial charge in [-0.2, -0.15) is 0 Å². The second kappa shape index (κ2) is 7.06. The first-order valence-electron chi connectivity index (χ1n) is 9.11. The van der Waals surface area contributed by atoms with Crippen LogP contribution in [0.15, 0.2) is 101 Å². The van der Waals surface area contributed by atoms with Gasteiger partial charge in [-0.15, -0.1) is 0 Å². The van der Waals surface area contributed by atoms with Crippen LogP contribution in [0.1, 0.15) is 0 Å². The van der Waals surface area contributed by atoms with Crippen molar-refractivity contribution in [3.63, 3.8) is 0 Å². The Morgan fingerprint density at radius 2 is 1.36 bits per heavy atom. The Kier molecular flexibility index (Phi) is 4.26. The molecule has 0 bridgehead atoms. The van der Waals surface area contributed by atoms with Gasteiger partial charge in [-0.05, 0) is 35.7 Å². The normalized spacial score (nSPS) is 12.4. The first-order valence-corrected chi connectivity index (χ1v) is 9.92. The Balaban J connectivity index is 1.47. The van der Waals surface area contributed by atoms with E-state index >= 15 is 0 Å². The summed E-state index contributed by atoms with van der Waals surface area (Å²) < 4.78 is 5.97. The van der Waals surface area contributed by atoms with E-state index in [0.717, 1.165) is 37.7 Å². The van der Waals surface area contributed by atoms with Gasteiger partial charge in [-0.25, -0.2) is 0 Å². The molecule has 4 heteroatoms. The Hall–Kier alpha value is -3.24. The molecule has 1 aliphatic heterocycles. The van der Waals surface area contributed by atoms with Gasteiger partial charge in [-0.1, -0.05) is 72.4 Å². The molecule has 28 heavy (non-hydrogen) atoms. The highest BCUT2D eigenvalue weighted by atomic mass is 32.2. The summed E-state index contributed by atoms with van der Waals surface area (Å²) in [6, 6.07) is 29.9. The summed E-state index contributed by atoms with van der Waals surface area (Å²) in [7, 11) is 0. The maximum Gasteiger partial charge on any atom is 0.269 e. The van der Waals surface area contributed by atoms with Crippen molar-refractivity contribution in [1.29, 1.82) is 0 Å². The highest BCUT2D eigenvalue weighted by Gasteiger charge is 2.28. The second-order valence-corrected chi connectivity index (χ2v) is 7.62. The predicted molar refractivity (Wildman–Crippen MR) is 114 cm³/mol. The summed E-state index contributed by atoms with van der Waals surface area (Å²) in [6.07, 6.45) is 0. The highest BCUT2D eigenvalue weighted by Crippen LogP contribution is 2.47. The van der Waals surface area contributed by atoms with E-state index in [1.807, 2.05) is 91.0 Å². The molecule has 1 heterocycles. The van der Waals surface area contributed by atoms with Crippen molar-refractivity contribution in [2.24, 2.45) is 0 Å². The third-order valence-electron chi connectivity index (χ3n) is 4.78. The number of carbonyl (C=O) groups excluding carboxylic acids is 1. The van der Waals surface area contributed by atoms with Crippen molar-refractivity contribution < 1.29 is 9.53 Å². The van der Waals surface area contributed by atoms with Crippen LogP contribution in [-0.4, -0.2) is 12.5 Å². The van der Waals surface area contributed by atoms with Crippen LogP contribution < -0.4 is 9.64 Å². The minimum atomic E-state index is -0.0897. The van der Waals surface area contributed by atoms with Gasteiger partial charge in [0.25, 0.3) is 5.91 Å². The van der Waals surface area contributed by atoms with Crippen LogP contribution in [0.25, 0.3) is 10.8 Å². The van der Waals surface area contributed by atoms with E-state index in [1.165, 1.54) is 0 Å². The highest BCUT2D eigenvalue weighted by molar-refractivity contribution is 7.99. The van der Waals surface area contributed by atoms with Crippen molar-refractivity contribution in [2.75, 3.05) is 11.5 Å². The molecular weight excluding hydrogens is 366 g/mol. The molecule has 3 nitrogen and oxygen atoms in total. The average Bonchev–Trinajstić information content (AvgIpc) is 2.75. The van der Waals surface area contributed by atoms with Gasteiger partial charge in [0.1, 0.15) is 5.75 Å². The zero-order chi connectivity index (χ0) is 18.9. The van der Waals surface area contributed by atoms with Gasteiger partial charge in [-0.3, -0.25) is 9.69 Å². The number of benzene rings is 4. The average molecular weight is 383 g/mol. The van der Waals surface area contributed by atoms with Gasteiger partial charge in [0, 0.05) is 15.2 Å². The van der Waals surface area contributed by atoms with Crippen molar-refractivity contribution in [3.05, 3.63) is 91.0 Å². The molecule has 4 aromatic rings. The fraction of sp³-hybridized carbons (Fsp3) is 0.0417. The van der Waals surface area contributed by atoms with Crippen LogP contribution in [0, 0.1) is 0 Å². The topological polar surface area (TPSA) is 29.5 Å². The molecule has 0 saturated heterocycles. The molecule has 0 spiro atoms. The SMILES string of the molecule is O=C(COc1cccc2ccccc12)N1c2ccccc2Sc2ccccc21. The van der Waals surface area contributed by atoms with E-state index in [-0.39, 0.29) is 12.5 Å². The second-order valence-electron chi connectivity index (χ2n) is 6.53. The maximum absolute atomic E-state index is 13.2. The van der Waals surface area contributed by atoms with Crippen LogP contribution in [0.5, 0.6) is 5.75 Å². The molecule has 0 fully saturated rings. The van der Waals surface area contributed by atoms with Crippen molar-refractivity contribution >= 4 is 39.8 Å². The summed E-state index contributed by atoms with van der Waals surface area (Å²) in [4.78, 5) is 17.1. The molecule has 1 amide bonds. The standard InChI is InChI=1S/C24H17NO2S/c26-24(16-27-21-13-7-9-17-8-1-2-10-18(17)21)25-19-11-3-5-14-22(19)28-23-15-6-4-12-20(23)25/h1-15H,16H2. The molecule has 4 aromatic carbocycles. The number of amides is 1. The molecule has 0 atom stereocenters. The number of rotatable bonds is 3. The third kappa shape index (κ3) is 2.92. The van der Waals surface area contributed by atoms with Crippen LogP contribution in [0.2, 0.25) is 0 Å². The maximum atomic E-state index is 13.2. The lowest BCUT2D eigenvalue weighted by Gasteiger charge is -2.31. The summed E-state index contributed by atoms with van der Waals surface area (Å²) in [5, 5.41) is 2.10. The van der Waals surface area contributed by atoms with E-state index in [1.54, 1.807) is 16.7 Å². The van der Waals surface area contributed by atoms with Crippen LogP contribution >= 0.6 is 11.8 Å². The van der Waals surface area contributed by atoms with Gasteiger partial charge in [0.2, 0.25) is 0 Å². The Morgan fingerprint density at radius 3 is 2.11 bits per heavy atom. The molecule has 136 valence electrons. The number of para-hydroxylation sites is 2. The van der Waals surface area contributed by atoms with Crippen LogP contribution in [0.4, 0.5) is 11.4 Å². The summed E-state index contributed by atoms with van der Waals surface area (Å²) in [5.41, 5.74) is 1.80. The number of anilines is 2. The number of fused-ring (bicyclic) bond motifs is 3. The van der Waals surface area contributed by atoms with Crippen molar-refractivity contribution in [2.45, 2.75) is 9.79 Å². The number of ether oxygens (including phenoxy) is 1.